The lowest BCUT2D eigenvalue weighted by Crippen LogP contribution is -2.03. The van der Waals surface area contributed by atoms with Crippen molar-refractivity contribution in [3.05, 3.63) is 33.5 Å². The fourth-order valence-electron chi connectivity index (χ4n) is 1.36. The molecule has 0 spiro atoms. The molecule has 2 rings (SSSR count). The fraction of sp³-hybridized carbons (Fsp3) is 0.0909. The molecule has 0 radical (unpaired) electrons. The summed E-state index contributed by atoms with van der Waals surface area (Å²) in [6, 6.07) is 5.75. The Balaban J connectivity index is 2.34. The molecular formula is C11H10Br2N4O. The lowest BCUT2D eigenvalue weighted by Gasteiger charge is -2.11. The fourth-order valence-corrected chi connectivity index (χ4v) is 2.51. The summed E-state index contributed by atoms with van der Waals surface area (Å²) in [5, 5.41) is 3.12. The van der Waals surface area contributed by atoms with Crippen LogP contribution in [0.3, 0.4) is 0 Å². The zero-order chi connectivity index (χ0) is 13.1. The summed E-state index contributed by atoms with van der Waals surface area (Å²) in [7, 11) is 1.51. The van der Waals surface area contributed by atoms with Crippen LogP contribution < -0.4 is 15.8 Å². The van der Waals surface area contributed by atoms with Gasteiger partial charge in [-0.3, -0.25) is 0 Å². The van der Waals surface area contributed by atoms with Crippen molar-refractivity contribution in [3.8, 4) is 5.88 Å². The first kappa shape index (κ1) is 13.1. The van der Waals surface area contributed by atoms with E-state index in [1.165, 1.54) is 13.4 Å². The number of aromatic nitrogens is 2. The van der Waals surface area contributed by atoms with Gasteiger partial charge in [-0.15, -0.1) is 0 Å². The Morgan fingerprint density at radius 3 is 2.72 bits per heavy atom. The molecule has 0 aliphatic carbocycles. The second-order valence-corrected chi connectivity index (χ2v) is 5.16. The molecule has 0 fully saturated rings. The van der Waals surface area contributed by atoms with E-state index in [1.54, 1.807) is 0 Å². The summed E-state index contributed by atoms with van der Waals surface area (Å²) >= 11 is 6.85. The third-order valence-corrected chi connectivity index (χ3v) is 3.37. The van der Waals surface area contributed by atoms with Gasteiger partial charge in [0, 0.05) is 8.95 Å². The quantitative estimate of drug-likeness (QED) is 0.863. The van der Waals surface area contributed by atoms with E-state index in [2.05, 4.69) is 47.1 Å². The number of nitrogens with one attached hydrogen (secondary N) is 1. The molecule has 1 aromatic heterocycles. The molecule has 0 saturated heterocycles. The van der Waals surface area contributed by atoms with Gasteiger partial charge < -0.3 is 15.8 Å². The number of hydrogen-bond acceptors (Lipinski definition) is 5. The Hall–Kier alpha value is -1.34. The van der Waals surface area contributed by atoms with E-state index in [9.17, 15) is 0 Å². The van der Waals surface area contributed by atoms with Crippen LogP contribution in [0.25, 0.3) is 0 Å². The highest BCUT2D eigenvalue weighted by atomic mass is 79.9. The summed E-state index contributed by atoms with van der Waals surface area (Å²) in [5.41, 5.74) is 7.11. The van der Waals surface area contributed by atoms with Gasteiger partial charge in [0.15, 0.2) is 5.82 Å². The van der Waals surface area contributed by atoms with Gasteiger partial charge in [-0.1, -0.05) is 15.9 Å². The maximum atomic E-state index is 5.88. The molecule has 0 atom stereocenters. The van der Waals surface area contributed by atoms with Crippen LogP contribution in [0.4, 0.5) is 17.2 Å². The molecule has 1 aromatic carbocycles. The second-order valence-electron chi connectivity index (χ2n) is 3.39. The van der Waals surface area contributed by atoms with Gasteiger partial charge in [0.25, 0.3) is 0 Å². The van der Waals surface area contributed by atoms with E-state index in [4.69, 9.17) is 10.5 Å². The van der Waals surface area contributed by atoms with Crippen LogP contribution in [0.1, 0.15) is 0 Å². The number of nitrogens with two attached hydrogens (primary N) is 1. The van der Waals surface area contributed by atoms with E-state index in [0.717, 1.165) is 14.6 Å². The third-order valence-electron chi connectivity index (χ3n) is 2.22. The Labute approximate surface area is 121 Å². The van der Waals surface area contributed by atoms with Gasteiger partial charge in [-0.25, -0.2) is 4.98 Å². The summed E-state index contributed by atoms with van der Waals surface area (Å²) in [6.45, 7) is 0. The highest BCUT2D eigenvalue weighted by Gasteiger charge is 2.09. The van der Waals surface area contributed by atoms with Gasteiger partial charge in [0.2, 0.25) is 5.88 Å². The zero-order valence-electron chi connectivity index (χ0n) is 9.45. The lowest BCUT2D eigenvalue weighted by atomic mass is 10.3. The molecule has 2 aromatic rings. The van der Waals surface area contributed by atoms with Crippen molar-refractivity contribution in [1.29, 1.82) is 0 Å². The van der Waals surface area contributed by atoms with Gasteiger partial charge >= 0.3 is 0 Å². The van der Waals surface area contributed by atoms with Gasteiger partial charge in [-0.05, 0) is 34.1 Å². The Morgan fingerprint density at radius 2 is 2.06 bits per heavy atom. The number of nitrogen functional groups attached to an aromatic ring is 1. The van der Waals surface area contributed by atoms with Crippen molar-refractivity contribution >= 4 is 49.1 Å². The molecule has 0 unspecified atom stereocenters. The standard InChI is InChI=1S/C11H10Br2N4O/c1-18-11-9(14)10(15-5-16-11)17-8-3-2-6(12)4-7(8)13/h2-5H,14H2,1H3,(H,15,16,17). The van der Waals surface area contributed by atoms with Crippen molar-refractivity contribution < 1.29 is 4.74 Å². The number of hydrogen-bond donors (Lipinski definition) is 2. The van der Waals surface area contributed by atoms with Crippen LogP contribution in [-0.2, 0) is 0 Å². The monoisotopic (exact) mass is 372 g/mol. The Kier molecular flexibility index (Phi) is 4.03. The molecule has 0 aliphatic rings. The predicted molar refractivity (Wildman–Crippen MR) is 78.1 cm³/mol. The van der Waals surface area contributed by atoms with Gasteiger partial charge in [0.1, 0.15) is 12.0 Å². The number of anilines is 3. The molecule has 18 heavy (non-hydrogen) atoms. The van der Waals surface area contributed by atoms with E-state index < -0.39 is 0 Å². The van der Waals surface area contributed by atoms with Crippen LogP contribution in [0.5, 0.6) is 5.88 Å². The van der Waals surface area contributed by atoms with Crippen LogP contribution >= 0.6 is 31.9 Å². The van der Waals surface area contributed by atoms with E-state index in [1.807, 2.05) is 18.2 Å². The first-order chi connectivity index (χ1) is 8.61. The minimum absolute atomic E-state index is 0.348. The summed E-state index contributed by atoms with van der Waals surface area (Å²) in [5.74, 6) is 0.852. The van der Waals surface area contributed by atoms with Crippen LogP contribution in [-0.4, -0.2) is 17.1 Å². The smallest absolute Gasteiger partial charge is 0.242 e. The van der Waals surface area contributed by atoms with E-state index >= 15 is 0 Å². The second kappa shape index (κ2) is 5.53. The molecule has 0 bridgehead atoms. The summed E-state index contributed by atoms with van der Waals surface area (Å²) in [6.07, 6.45) is 1.39. The SMILES string of the molecule is COc1ncnc(Nc2ccc(Br)cc2Br)c1N. The van der Waals surface area contributed by atoms with Crippen molar-refractivity contribution in [2.24, 2.45) is 0 Å². The summed E-state index contributed by atoms with van der Waals surface area (Å²) < 4.78 is 6.91. The average molecular weight is 374 g/mol. The number of halogens is 2. The molecule has 7 heteroatoms. The molecule has 5 nitrogen and oxygen atoms in total. The topological polar surface area (TPSA) is 73.1 Å². The predicted octanol–water partition coefficient (Wildman–Crippen LogP) is 3.34. The van der Waals surface area contributed by atoms with Crippen molar-refractivity contribution in [2.75, 3.05) is 18.2 Å². The van der Waals surface area contributed by atoms with Gasteiger partial charge in [0.05, 0.1) is 12.8 Å². The molecule has 0 saturated carbocycles. The van der Waals surface area contributed by atoms with Crippen LogP contribution in [0.2, 0.25) is 0 Å². The molecule has 1 heterocycles. The number of methoxy groups -OCH3 is 1. The zero-order valence-corrected chi connectivity index (χ0v) is 12.6. The highest BCUT2D eigenvalue weighted by Crippen LogP contribution is 2.32. The first-order valence-electron chi connectivity index (χ1n) is 4.98. The molecule has 0 amide bonds. The van der Waals surface area contributed by atoms with E-state index in [-0.39, 0.29) is 0 Å². The minimum Gasteiger partial charge on any atom is -0.479 e. The maximum absolute atomic E-state index is 5.88. The Morgan fingerprint density at radius 1 is 1.28 bits per heavy atom. The van der Waals surface area contributed by atoms with Crippen molar-refractivity contribution in [1.82, 2.24) is 9.97 Å². The maximum Gasteiger partial charge on any atom is 0.242 e. The molecule has 94 valence electrons. The van der Waals surface area contributed by atoms with Crippen molar-refractivity contribution in [2.45, 2.75) is 0 Å². The minimum atomic E-state index is 0.348. The number of ether oxygens (including phenoxy) is 1. The number of rotatable bonds is 3. The molecular weight excluding hydrogens is 364 g/mol. The summed E-state index contributed by atoms with van der Waals surface area (Å²) in [4.78, 5) is 8.00. The number of benzene rings is 1. The number of nitrogens with zero attached hydrogens (tertiary/aromatic N) is 2. The first-order valence-corrected chi connectivity index (χ1v) is 6.57. The largest absolute Gasteiger partial charge is 0.479 e. The average Bonchev–Trinajstić information content (AvgIpc) is 2.35. The van der Waals surface area contributed by atoms with E-state index in [0.29, 0.717) is 17.4 Å². The highest BCUT2D eigenvalue weighted by molar-refractivity contribution is 9.11. The Bertz CT molecular complexity index is 577. The lowest BCUT2D eigenvalue weighted by molar-refractivity contribution is 0.399. The molecule has 3 N–H and O–H groups in total. The van der Waals surface area contributed by atoms with Crippen molar-refractivity contribution in [3.63, 3.8) is 0 Å². The van der Waals surface area contributed by atoms with Gasteiger partial charge in [-0.2, -0.15) is 4.98 Å². The third kappa shape index (κ3) is 2.73. The normalized spacial score (nSPS) is 10.2. The van der Waals surface area contributed by atoms with Crippen LogP contribution in [0.15, 0.2) is 33.5 Å². The molecule has 0 aliphatic heterocycles. The van der Waals surface area contributed by atoms with Crippen LogP contribution in [0, 0.1) is 0 Å².